The maximum atomic E-state index is 12.6. The first-order valence-corrected chi connectivity index (χ1v) is 8.96. The SMILES string of the molecule is CC(C)(C)OC(=O)OCC1=CCC2(C)C(=O)CCCC2C(C#N)(C#N)C1. The van der Waals surface area contributed by atoms with Crippen molar-refractivity contribution >= 4 is 11.9 Å². The van der Waals surface area contributed by atoms with Gasteiger partial charge >= 0.3 is 6.16 Å². The predicted octanol–water partition coefficient (Wildman–Crippen LogP) is 4.07. The average Bonchev–Trinajstić information content (AvgIpc) is 2.68. The summed E-state index contributed by atoms with van der Waals surface area (Å²) in [6.07, 6.45) is 3.56. The molecule has 26 heavy (non-hydrogen) atoms. The van der Waals surface area contributed by atoms with Crippen LogP contribution in [0.1, 0.15) is 59.8 Å². The van der Waals surface area contributed by atoms with Gasteiger partial charge < -0.3 is 9.47 Å². The smallest absolute Gasteiger partial charge is 0.430 e. The molecule has 6 heteroatoms. The van der Waals surface area contributed by atoms with Gasteiger partial charge in [-0.15, -0.1) is 0 Å². The number of nitriles is 2. The van der Waals surface area contributed by atoms with Gasteiger partial charge in [0.2, 0.25) is 0 Å². The number of hydrogen-bond acceptors (Lipinski definition) is 6. The summed E-state index contributed by atoms with van der Waals surface area (Å²) in [6, 6.07) is 4.36. The molecule has 0 N–H and O–H groups in total. The minimum atomic E-state index is -1.29. The van der Waals surface area contributed by atoms with Crippen LogP contribution >= 0.6 is 0 Å². The minimum Gasteiger partial charge on any atom is -0.430 e. The van der Waals surface area contributed by atoms with E-state index in [1.165, 1.54) is 0 Å². The molecule has 0 heterocycles. The number of Topliss-reactive ketones (excluding diaryl/α,β-unsaturated/α-hetero) is 1. The number of ketones is 1. The molecule has 0 aliphatic heterocycles. The Balaban J connectivity index is 2.24. The van der Waals surface area contributed by atoms with Crippen molar-refractivity contribution in [3.63, 3.8) is 0 Å². The molecular formula is C20H26N2O4. The largest absolute Gasteiger partial charge is 0.509 e. The monoisotopic (exact) mass is 358 g/mol. The molecule has 0 amide bonds. The number of nitrogens with zero attached hydrogens (tertiary/aromatic N) is 2. The number of carbonyl (C=O) groups excluding carboxylic acids is 2. The number of fused-ring (bicyclic) bond motifs is 1. The highest BCUT2D eigenvalue weighted by Crippen LogP contribution is 2.54. The molecule has 0 aromatic carbocycles. The van der Waals surface area contributed by atoms with Gasteiger partial charge in [0.25, 0.3) is 0 Å². The first-order chi connectivity index (χ1) is 12.1. The van der Waals surface area contributed by atoms with E-state index in [0.29, 0.717) is 31.3 Å². The third-order valence-electron chi connectivity index (χ3n) is 5.38. The lowest BCUT2D eigenvalue weighted by Crippen LogP contribution is -2.46. The van der Waals surface area contributed by atoms with E-state index in [9.17, 15) is 20.1 Å². The summed E-state index contributed by atoms with van der Waals surface area (Å²) in [5.41, 5.74) is -1.99. The van der Waals surface area contributed by atoms with Crippen molar-refractivity contribution in [2.24, 2.45) is 16.7 Å². The first kappa shape index (κ1) is 20.0. The van der Waals surface area contributed by atoms with Gasteiger partial charge in [-0.1, -0.05) is 13.0 Å². The molecule has 140 valence electrons. The quantitative estimate of drug-likeness (QED) is 0.545. The highest BCUT2D eigenvalue weighted by Gasteiger charge is 2.55. The third kappa shape index (κ3) is 3.90. The van der Waals surface area contributed by atoms with Crippen molar-refractivity contribution < 1.29 is 19.1 Å². The molecule has 0 bridgehead atoms. The van der Waals surface area contributed by atoms with E-state index in [1.54, 1.807) is 20.8 Å². The molecule has 1 saturated carbocycles. The summed E-state index contributed by atoms with van der Waals surface area (Å²) in [5.74, 6) is -0.212. The molecule has 0 aromatic heterocycles. The second-order valence-electron chi connectivity index (χ2n) is 8.48. The van der Waals surface area contributed by atoms with Crippen LogP contribution in [0.25, 0.3) is 0 Å². The Morgan fingerprint density at radius 3 is 2.58 bits per heavy atom. The molecule has 2 atom stereocenters. The van der Waals surface area contributed by atoms with Crippen LogP contribution in [0.4, 0.5) is 4.79 Å². The van der Waals surface area contributed by atoms with Gasteiger partial charge in [0.05, 0.1) is 12.1 Å². The minimum absolute atomic E-state index is 0.0446. The van der Waals surface area contributed by atoms with Crippen molar-refractivity contribution in [1.29, 1.82) is 10.5 Å². The van der Waals surface area contributed by atoms with Crippen molar-refractivity contribution in [2.45, 2.75) is 65.4 Å². The molecule has 0 aromatic rings. The van der Waals surface area contributed by atoms with Crippen molar-refractivity contribution in [1.82, 2.24) is 0 Å². The molecule has 1 fully saturated rings. The maximum Gasteiger partial charge on any atom is 0.509 e. The molecule has 6 nitrogen and oxygen atoms in total. The van der Waals surface area contributed by atoms with Gasteiger partial charge in [0.15, 0.2) is 5.41 Å². The molecular weight excluding hydrogens is 332 g/mol. The Labute approximate surface area is 154 Å². The summed E-state index contributed by atoms with van der Waals surface area (Å²) >= 11 is 0. The fourth-order valence-corrected chi connectivity index (χ4v) is 4.02. The zero-order valence-electron chi connectivity index (χ0n) is 15.9. The van der Waals surface area contributed by atoms with Crippen LogP contribution in [0.3, 0.4) is 0 Å². The Morgan fingerprint density at radius 1 is 1.35 bits per heavy atom. The molecule has 2 rings (SSSR count). The Morgan fingerprint density at radius 2 is 2.00 bits per heavy atom. The molecule has 0 saturated heterocycles. The van der Waals surface area contributed by atoms with E-state index in [-0.39, 0.29) is 24.7 Å². The van der Waals surface area contributed by atoms with Gasteiger partial charge in [0, 0.05) is 24.2 Å². The van der Waals surface area contributed by atoms with Gasteiger partial charge in [-0.05, 0) is 45.6 Å². The molecule has 2 unspecified atom stereocenters. The Bertz CT molecular complexity index is 691. The van der Waals surface area contributed by atoms with Crippen molar-refractivity contribution in [3.8, 4) is 12.1 Å². The number of ether oxygens (including phenoxy) is 2. The molecule has 2 aliphatic carbocycles. The van der Waals surface area contributed by atoms with Crippen LogP contribution in [0, 0.1) is 39.4 Å². The van der Waals surface area contributed by atoms with E-state index in [1.807, 2.05) is 13.0 Å². The van der Waals surface area contributed by atoms with E-state index in [2.05, 4.69) is 12.1 Å². The fraction of sp³-hybridized carbons (Fsp3) is 0.700. The van der Waals surface area contributed by atoms with Gasteiger partial charge in [-0.2, -0.15) is 10.5 Å². The maximum absolute atomic E-state index is 12.6. The Kier molecular flexibility index (Phi) is 5.47. The van der Waals surface area contributed by atoms with E-state index < -0.39 is 22.6 Å². The topological polar surface area (TPSA) is 100 Å². The highest BCUT2D eigenvalue weighted by atomic mass is 16.7. The summed E-state index contributed by atoms with van der Waals surface area (Å²) in [5, 5.41) is 19.6. The van der Waals surface area contributed by atoms with Crippen LogP contribution in [-0.2, 0) is 14.3 Å². The van der Waals surface area contributed by atoms with E-state index >= 15 is 0 Å². The van der Waals surface area contributed by atoms with Crippen LogP contribution in [0.2, 0.25) is 0 Å². The number of rotatable bonds is 2. The second-order valence-corrected chi connectivity index (χ2v) is 8.48. The zero-order valence-corrected chi connectivity index (χ0v) is 15.9. The zero-order chi connectivity index (χ0) is 19.6. The number of allylic oxidation sites excluding steroid dienone is 1. The first-order valence-electron chi connectivity index (χ1n) is 8.96. The van der Waals surface area contributed by atoms with Crippen LogP contribution in [0.15, 0.2) is 11.6 Å². The molecule has 2 aliphatic rings. The van der Waals surface area contributed by atoms with E-state index in [4.69, 9.17) is 9.47 Å². The van der Waals surface area contributed by atoms with Gasteiger partial charge in [0.1, 0.15) is 18.0 Å². The Hall–Kier alpha value is -2.34. The van der Waals surface area contributed by atoms with Gasteiger partial charge in [-0.25, -0.2) is 4.79 Å². The number of hydrogen-bond donors (Lipinski definition) is 0. The van der Waals surface area contributed by atoms with Crippen molar-refractivity contribution in [3.05, 3.63) is 11.6 Å². The normalized spacial score (nSPS) is 27.8. The fourth-order valence-electron chi connectivity index (χ4n) is 4.02. The lowest BCUT2D eigenvalue weighted by Gasteiger charge is -2.43. The molecule has 0 spiro atoms. The van der Waals surface area contributed by atoms with Crippen molar-refractivity contribution in [2.75, 3.05) is 6.61 Å². The second kappa shape index (κ2) is 7.11. The van der Waals surface area contributed by atoms with E-state index in [0.717, 1.165) is 0 Å². The lowest BCUT2D eigenvalue weighted by atomic mass is 9.56. The summed E-state index contributed by atoms with van der Waals surface area (Å²) in [6.45, 7) is 7.04. The van der Waals surface area contributed by atoms with Crippen LogP contribution in [-0.4, -0.2) is 24.1 Å². The standard InChI is InChI=1S/C20H26N2O4/c1-18(2,3)26-17(24)25-11-14-8-9-19(4)15(6-5-7-16(19)23)20(10-14,12-21)13-22/h8,15H,5-7,9-11H2,1-4H3. The average molecular weight is 358 g/mol. The van der Waals surface area contributed by atoms with Crippen LogP contribution < -0.4 is 0 Å². The lowest BCUT2D eigenvalue weighted by molar-refractivity contribution is -0.135. The van der Waals surface area contributed by atoms with Crippen LogP contribution in [0.5, 0.6) is 0 Å². The van der Waals surface area contributed by atoms with Gasteiger partial charge in [-0.3, -0.25) is 4.79 Å². The third-order valence-corrected chi connectivity index (χ3v) is 5.38. The summed E-state index contributed by atoms with van der Waals surface area (Å²) < 4.78 is 10.3. The summed E-state index contributed by atoms with van der Waals surface area (Å²) in [4.78, 5) is 24.4. The summed E-state index contributed by atoms with van der Waals surface area (Å²) in [7, 11) is 0. The highest BCUT2D eigenvalue weighted by molar-refractivity contribution is 5.86. The number of carbonyl (C=O) groups is 2. The molecule has 0 radical (unpaired) electrons. The predicted molar refractivity (Wildman–Crippen MR) is 93.6 cm³/mol.